The van der Waals surface area contributed by atoms with E-state index in [1.54, 1.807) is 6.20 Å². The molecule has 2 atom stereocenters. The number of carboxylic acids is 1. The molecule has 0 bridgehead atoms. The van der Waals surface area contributed by atoms with Crippen molar-refractivity contribution in [2.45, 2.75) is 44.8 Å². The lowest BCUT2D eigenvalue weighted by Crippen LogP contribution is -2.44. The third kappa shape index (κ3) is 2.24. The summed E-state index contributed by atoms with van der Waals surface area (Å²) >= 11 is 0. The van der Waals surface area contributed by atoms with Crippen LogP contribution in [0, 0.1) is 6.92 Å². The van der Waals surface area contributed by atoms with Crippen LogP contribution < -0.4 is 5.32 Å². The summed E-state index contributed by atoms with van der Waals surface area (Å²) in [5, 5.41) is 12.4. The Morgan fingerprint density at radius 1 is 1.69 bits per heavy atom. The Morgan fingerprint density at radius 2 is 2.38 bits per heavy atom. The standard InChI is InChI=1S/C11H17N3O2/c1-7(14-6-5-12-8(14)2)10(11(15)16)13-9-3-4-9/h5-7,9-10,13H,3-4H2,1-2H3,(H,15,16). The second kappa shape index (κ2) is 4.25. The molecule has 16 heavy (non-hydrogen) atoms. The number of nitrogens with one attached hydrogen (secondary N) is 1. The molecule has 5 heteroatoms. The summed E-state index contributed by atoms with van der Waals surface area (Å²) in [6.45, 7) is 3.79. The second-order valence-corrected chi connectivity index (χ2v) is 4.38. The van der Waals surface area contributed by atoms with Gasteiger partial charge in [0.25, 0.3) is 0 Å². The average Bonchev–Trinajstić information content (AvgIpc) is 2.95. The van der Waals surface area contributed by atoms with Crippen molar-refractivity contribution in [3.05, 3.63) is 18.2 Å². The third-order valence-corrected chi connectivity index (χ3v) is 3.04. The molecule has 1 fully saturated rings. The first kappa shape index (κ1) is 11.1. The summed E-state index contributed by atoms with van der Waals surface area (Å²) in [5.41, 5.74) is 0. The minimum absolute atomic E-state index is 0.124. The highest BCUT2D eigenvalue weighted by atomic mass is 16.4. The highest BCUT2D eigenvalue weighted by Gasteiger charge is 2.32. The molecule has 0 aromatic carbocycles. The Kier molecular flexibility index (Phi) is 2.96. The van der Waals surface area contributed by atoms with E-state index in [9.17, 15) is 9.90 Å². The van der Waals surface area contributed by atoms with Crippen LogP contribution in [0.3, 0.4) is 0 Å². The molecule has 88 valence electrons. The highest BCUT2D eigenvalue weighted by molar-refractivity contribution is 5.74. The van der Waals surface area contributed by atoms with Gasteiger partial charge in [0.05, 0.1) is 6.04 Å². The van der Waals surface area contributed by atoms with Gasteiger partial charge in [-0.2, -0.15) is 0 Å². The molecule has 0 amide bonds. The zero-order chi connectivity index (χ0) is 11.7. The first-order valence-electron chi connectivity index (χ1n) is 5.58. The van der Waals surface area contributed by atoms with Gasteiger partial charge in [0, 0.05) is 18.4 Å². The summed E-state index contributed by atoms with van der Waals surface area (Å²) in [6, 6.07) is -0.284. The average molecular weight is 223 g/mol. The van der Waals surface area contributed by atoms with E-state index in [0.717, 1.165) is 18.7 Å². The van der Waals surface area contributed by atoms with Gasteiger partial charge < -0.3 is 9.67 Å². The van der Waals surface area contributed by atoms with Crippen molar-refractivity contribution < 1.29 is 9.90 Å². The fourth-order valence-electron chi connectivity index (χ4n) is 1.90. The van der Waals surface area contributed by atoms with Gasteiger partial charge in [0.15, 0.2) is 0 Å². The molecular formula is C11H17N3O2. The zero-order valence-electron chi connectivity index (χ0n) is 9.55. The molecule has 5 nitrogen and oxygen atoms in total. The van der Waals surface area contributed by atoms with E-state index in [0.29, 0.717) is 6.04 Å². The van der Waals surface area contributed by atoms with E-state index in [1.807, 2.05) is 24.6 Å². The molecule has 0 radical (unpaired) electrons. The number of carboxylic acid groups (broad SMARTS) is 1. The van der Waals surface area contributed by atoms with Crippen molar-refractivity contribution in [2.24, 2.45) is 0 Å². The van der Waals surface area contributed by atoms with Gasteiger partial charge >= 0.3 is 5.97 Å². The molecule has 1 aromatic heterocycles. The van der Waals surface area contributed by atoms with Crippen molar-refractivity contribution in [3.8, 4) is 0 Å². The smallest absolute Gasteiger partial charge is 0.322 e. The molecule has 1 heterocycles. The topological polar surface area (TPSA) is 67.2 Å². The molecule has 0 aliphatic heterocycles. The number of carbonyl (C=O) groups is 1. The quantitative estimate of drug-likeness (QED) is 0.780. The minimum Gasteiger partial charge on any atom is -0.480 e. The van der Waals surface area contributed by atoms with Crippen molar-refractivity contribution in [3.63, 3.8) is 0 Å². The van der Waals surface area contributed by atoms with Crippen LogP contribution in [0.2, 0.25) is 0 Å². The van der Waals surface area contributed by atoms with Crippen LogP contribution in [0.1, 0.15) is 31.6 Å². The van der Waals surface area contributed by atoms with Crippen molar-refractivity contribution >= 4 is 5.97 Å². The number of nitrogens with zero attached hydrogens (tertiary/aromatic N) is 2. The van der Waals surface area contributed by atoms with Crippen molar-refractivity contribution in [1.82, 2.24) is 14.9 Å². The molecule has 1 aliphatic rings. The lowest BCUT2D eigenvalue weighted by molar-refractivity contribution is -0.140. The summed E-state index contributed by atoms with van der Waals surface area (Å²) in [5.74, 6) is 0.0452. The van der Waals surface area contributed by atoms with Crippen LogP contribution in [0.4, 0.5) is 0 Å². The second-order valence-electron chi connectivity index (χ2n) is 4.38. The lowest BCUT2D eigenvalue weighted by Gasteiger charge is -2.23. The van der Waals surface area contributed by atoms with Gasteiger partial charge in [-0.15, -0.1) is 0 Å². The fourth-order valence-corrected chi connectivity index (χ4v) is 1.90. The maximum Gasteiger partial charge on any atom is 0.322 e. The van der Waals surface area contributed by atoms with Crippen LogP contribution in [0.5, 0.6) is 0 Å². The largest absolute Gasteiger partial charge is 0.480 e. The van der Waals surface area contributed by atoms with E-state index in [2.05, 4.69) is 10.3 Å². The van der Waals surface area contributed by atoms with E-state index in [4.69, 9.17) is 0 Å². The summed E-state index contributed by atoms with van der Waals surface area (Å²) < 4.78 is 1.90. The molecule has 1 aliphatic carbocycles. The predicted molar refractivity (Wildman–Crippen MR) is 59.3 cm³/mol. The van der Waals surface area contributed by atoms with Gasteiger partial charge in [-0.3, -0.25) is 10.1 Å². The third-order valence-electron chi connectivity index (χ3n) is 3.04. The van der Waals surface area contributed by atoms with Crippen molar-refractivity contribution in [2.75, 3.05) is 0 Å². The minimum atomic E-state index is -0.799. The van der Waals surface area contributed by atoms with E-state index in [1.165, 1.54) is 0 Å². The molecule has 2 unspecified atom stereocenters. The monoisotopic (exact) mass is 223 g/mol. The van der Waals surface area contributed by atoms with Gasteiger partial charge in [-0.05, 0) is 26.7 Å². The summed E-state index contributed by atoms with van der Waals surface area (Å²) in [4.78, 5) is 15.3. The van der Waals surface area contributed by atoms with Gasteiger partial charge in [-0.25, -0.2) is 4.98 Å². The maximum atomic E-state index is 11.2. The van der Waals surface area contributed by atoms with Crippen LogP contribution in [0.15, 0.2) is 12.4 Å². The first-order valence-corrected chi connectivity index (χ1v) is 5.58. The molecule has 1 saturated carbocycles. The molecular weight excluding hydrogens is 206 g/mol. The highest BCUT2D eigenvalue weighted by Crippen LogP contribution is 2.23. The van der Waals surface area contributed by atoms with Gasteiger partial charge in [0.1, 0.15) is 11.9 Å². The number of hydrogen-bond acceptors (Lipinski definition) is 3. The number of rotatable bonds is 5. The Morgan fingerprint density at radius 3 is 2.81 bits per heavy atom. The fraction of sp³-hybridized carbons (Fsp3) is 0.636. The lowest BCUT2D eigenvalue weighted by atomic mass is 10.1. The van der Waals surface area contributed by atoms with E-state index >= 15 is 0 Å². The maximum absolute atomic E-state index is 11.2. The van der Waals surface area contributed by atoms with E-state index in [-0.39, 0.29) is 6.04 Å². The summed E-state index contributed by atoms with van der Waals surface area (Å²) in [6.07, 6.45) is 5.69. The summed E-state index contributed by atoms with van der Waals surface area (Å²) in [7, 11) is 0. The number of hydrogen-bond donors (Lipinski definition) is 2. The molecule has 0 saturated heterocycles. The van der Waals surface area contributed by atoms with E-state index < -0.39 is 12.0 Å². The number of aromatic nitrogens is 2. The Hall–Kier alpha value is -1.36. The van der Waals surface area contributed by atoms with Crippen LogP contribution >= 0.6 is 0 Å². The van der Waals surface area contributed by atoms with Crippen LogP contribution in [0.25, 0.3) is 0 Å². The van der Waals surface area contributed by atoms with Gasteiger partial charge in [-0.1, -0.05) is 0 Å². The molecule has 1 aromatic rings. The molecule has 2 N–H and O–H groups in total. The number of imidazole rings is 1. The predicted octanol–water partition coefficient (Wildman–Crippen LogP) is 0.958. The van der Waals surface area contributed by atoms with Crippen molar-refractivity contribution in [1.29, 1.82) is 0 Å². The Bertz CT molecular complexity index is 384. The SMILES string of the molecule is Cc1nccn1C(C)C(NC1CC1)C(=O)O. The Labute approximate surface area is 94.5 Å². The molecule has 0 spiro atoms. The zero-order valence-corrected chi connectivity index (χ0v) is 9.55. The normalized spacial score (nSPS) is 19.4. The molecule has 2 rings (SSSR count). The number of aryl methyl sites for hydroxylation is 1. The van der Waals surface area contributed by atoms with Crippen LogP contribution in [-0.2, 0) is 4.79 Å². The first-order chi connectivity index (χ1) is 7.59. The number of aliphatic carboxylic acids is 1. The van der Waals surface area contributed by atoms with Crippen LogP contribution in [-0.4, -0.2) is 32.7 Å². The Balaban J connectivity index is 2.12. The van der Waals surface area contributed by atoms with Gasteiger partial charge in [0.2, 0.25) is 0 Å².